The number of phenols is 1. The summed E-state index contributed by atoms with van der Waals surface area (Å²) in [6.07, 6.45) is -0.556. The molecule has 1 fully saturated rings. The van der Waals surface area contributed by atoms with Gasteiger partial charge in [-0.15, -0.1) is 0 Å². The number of imidazole rings is 1. The quantitative estimate of drug-likeness (QED) is 0.478. The largest absolute Gasteiger partial charge is 0.506 e. The molecule has 1 aliphatic carbocycles. The van der Waals surface area contributed by atoms with Crippen molar-refractivity contribution >= 4 is 11.7 Å². The van der Waals surface area contributed by atoms with E-state index in [0.717, 1.165) is 11.6 Å². The number of phenolic OH excluding ortho intramolecular Hbond substituents is 1. The average molecular weight is 473 g/mol. The summed E-state index contributed by atoms with van der Waals surface area (Å²) in [5.41, 5.74) is -0.0247. The molecular formula is C24H22F3N3O4. The van der Waals surface area contributed by atoms with Gasteiger partial charge in [0.15, 0.2) is 5.78 Å². The van der Waals surface area contributed by atoms with Crippen LogP contribution in [-0.2, 0) is 26.4 Å². The highest BCUT2D eigenvalue weighted by atomic mass is 19.4. The van der Waals surface area contributed by atoms with E-state index >= 15 is 0 Å². The van der Waals surface area contributed by atoms with Gasteiger partial charge in [0.05, 0.1) is 11.9 Å². The number of aromatic hydroxyl groups is 1. The molecule has 0 spiro atoms. The van der Waals surface area contributed by atoms with Crippen molar-refractivity contribution in [3.05, 3.63) is 76.9 Å². The number of ether oxygens (including phenoxy) is 1. The van der Waals surface area contributed by atoms with Crippen LogP contribution in [0.4, 0.5) is 13.2 Å². The monoisotopic (exact) mass is 473 g/mol. The molecule has 7 nitrogen and oxygen atoms in total. The van der Waals surface area contributed by atoms with Crippen molar-refractivity contribution in [1.29, 1.82) is 0 Å². The van der Waals surface area contributed by atoms with E-state index in [4.69, 9.17) is 4.74 Å². The van der Waals surface area contributed by atoms with E-state index in [9.17, 15) is 27.9 Å². The third-order valence-electron chi connectivity index (χ3n) is 5.44. The topological polar surface area (TPSA) is 93.5 Å². The molecule has 178 valence electrons. The molecule has 1 aliphatic rings. The number of nitrogens with one attached hydrogen (secondary N) is 1. The van der Waals surface area contributed by atoms with Crippen LogP contribution in [0.25, 0.3) is 0 Å². The minimum Gasteiger partial charge on any atom is -0.506 e. The number of amides is 1. The molecule has 2 aromatic carbocycles. The fourth-order valence-corrected chi connectivity index (χ4v) is 3.45. The van der Waals surface area contributed by atoms with Gasteiger partial charge in [0.2, 0.25) is 0 Å². The Morgan fingerprint density at radius 1 is 1.15 bits per heavy atom. The number of alkyl halides is 3. The van der Waals surface area contributed by atoms with Crippen LogP contribution in [0.2, 0.25) is 0 Å². The second kappa shape index (κ2) is 9.20. The highest BCUT2D eigenvalue weighted by molar-refractivity contribution is 6.02. The lowest BCUT2D eigenvalue weighted by Crippen LogP contribution is -2.23. The van der Waals surface area contributed by atoms with E-state index < -0.39 is 29.0 Å². The molecule has 1 saturated carbocycles. The van der Waals surface area contributed by atoms with Crippen LogP contribution in [-0.4, -0.2) is 26.3 Å². The second-order valence-electron chi connectivity index (χ2n) is 8.18. The Kier molecular flexibility index (Phi) is 6.32. The summed E-state index contributed by atoms with van der Waals surface area (Å²) in [7, 11) is 1.76. The number of halogens is 3. The molecular weight excluding hydrogens is 451 g/mol. The summed E-state index contributed by atoms with van der Waals surface area (Å²) in [5.74, 6) is -2.78. The van der Waals surface area contributed by atoms with Gasteiger partial charge in [-0.05, 0) is 36.1 Å². The number of rotatable bonds is 8. The zero-order chi connectivity index (χ0) is 24.5. The lowest BCUT2D eigenvalue weighted by atomic mass is 10.0. The molecule has 10 heteroatoms. The predicted octanol–water partition coefficient (Wildman–Crippen LogP) is 4.25. The maximum absolute atomic E-state index is 13.6. The molecule has 0 aliphatic heterocycles. The molecule has 4 rings (SSSR count). The van der Waals surface area contributed by atoms with Crippen molar-refractivity contribution in [2.75, 3.05) is 0 Å². The number of benzene rings is 2. The summed E-state index contributed by atoms with van der Waals surface area (Å²) in [6.45, 7) is 0.0676. The van der Waals surface area contributed by atoms with Crippen molar-refractivity contribution < 1.29 is 32.6 Å². The molecule has 0 radical (unpaired) electrons. The lowest BCUT2D eigenvalue weighted by molar-refractivity contribution is -0.140. The van der Waals surface area contributed by atoms with Crippen LogP contribution in [0.5, 0.6) is 11.5 Å². The Bertz CT molecular complexity index is 1220. The van der Waals surface area contributed by atoms with Gasteiger partial charge in [0.25, 0.3) is 5.91 Å². The SMILES string of the molecule is Cn1cnc(C(=O)NCc2ccc(COc3ccc(C(=O)C4CC4)c(O)c3C(F)(F)F)cc2)c1. The first-order valence-corrected chi connectivity index (χ1v) is 10.6. The highest BCUT2D eigenvalue weighted by Crippen LogP contribution is 2.46. The highest BCUT2D eigenvalue weighted by Gasteiger charge is 2.41. The normalized spacial score (nSPS) is 13.5. The van der Waals surface area contributed by atoms with Crippen molar-refractivity contribution in [1.82, 2.24) is 14.9 Å². The molecule has 0 saturated heterocycles. The molecule has 0 unspecified atom stereocenters. The molecule has 34 heavy (non-hydrogen) atoms. The van der Waals surface area contributed by atoms with E-state index in [2.05, 4.69) is 10.3 Å². The predicted molar refractivity (Wildman–Crippen MR) is 115 cm³/mol. The Labute approximate surface area is 193 Å². The molecule has 0 atom stereocenters. The van der Waals surface area contributed by atoms with Crippen LogP contribution in [0.3, 0.4) is 0 Å². The number of ketones is 1. The van der Waals surface area contributed by atoms with E-state index in [-0.39, 0.29) is 30.5 Å². The van der Waals surface area contributed by atoms with E-state index in [1.807, 2.05) is 0 Å². The Morgan fingerprint density at radius 2 is 1.82 bits per heavy atom. The van der Waals surface area contributed by atoms with Crippen LogP contribution in [0, 0.1) is 5.92 Å². The van der Waals surface area contributed by atoms with Gasteiger partial charge < -0.3 is 19.7 Å². The van der Waals surface area contributed by atoms with Crippen molar-refractivity contribution in [2.45, 2.75) is 32.2 Å². The van der Waals surface area contributed by atoms with Gasteiger partial charge in [-0.1, -0.05) is 24.3 Å². The smallest absolute Gasteiger partial charge is 0.423 e. The Hall–Kier alpha value is -3.82. The van der Waals surface area contributed by atoms with Crippen LogP contribution < -0.4 is 10.1 Å². The summed E-state index contributed by atoms with van der Waals surface area (Å²) < 4.78 is 47.9. The van der Waals surface area contributed by atoms with Gasteiger partial charge in [0, 0.05) is 25.7 Å². The third-order valence-corrected chi connectivity index (χ3v) is 5.44. The van der Waals surface area contributed by atoms with Gasteiger partial charge in [-0.2, -0.15) is 13.2 Å². The van der Waals surface area contributed by atoms with Gasteiger partial charge >= 0.3 is 6.18 Å². The fraction of sp³-hybridized carbons (Fsp3) is 0.292. The maximum Gasteiger partial charge on any atom is 0.423 e. The first-order valence-electron chi connectivity index (χ1n) is 10.6. The molecule has 1 aromatic heterocycles. The standard InChI is InChI=1S/C24H22F3N3O4/c1-30-11-18(29-13-30)23(33)28-10-14-2-4-15(5-3-14)12-34-19-9-8-17(21(31)16-6-7-16)22(32)20(19)24(25,26)27/h2-5,8-9,11,13,16,32H,6-7,10,12H2,1H3,(H,28,33). The van der Waals surface area contributed by atoms with Crippen molar-refractivity contribution in [2.24, 2.45) is 13.0 Å². The Morgan fingerprint density at radius 3 is 2.41 bits per heavy atom. The Balaban J connectivity index is 1.41. The lowest BCUT2D eigenvalue weighted by Gasteiger charge is -2.17. The van der Waals surface area contributed by atoms with E-state index in [1.54, 1.807) is 42.1 Å². The van der Waals surface area contributed by atoms with Gasteiger partial charge in [0.1, 0.15) is 29.4 Å². The molecule has 1 amide bonds. The first-order chi connectivity index (χ1) is 16.1. The number of Topliss-reactive ketones (excluding diaryl/α,β-unsaturated/α-hetero) is 1. The number of aromatic nitrogens is 2. The number of hydrogen-bond donors (Lipinski definition) is 2. The number of carbonyl (C=O) groups excluding carboxylic acids is 2. The van der Waals surface area contributed by atoms with Gasteiger partial charge in [-0.3, -0.25) is 9.59 Å². The first kappa shape index (κ1) is 23.3. The summed E-state index contributed by atoms with van der Waals surface area (Å²) in [4.78, 5) is 28.2. The van der Waals surface area contributed by atoms with Crippen LogP contribution >= 0.6 is 0 Å². The number of carbonyl (C=O) groups is 2. The average Bonchev–Trinajstić information content (AvgIpc) is 3.55. The molecule has 1 heterocycles. The van der Waals surface area contributed by atoms with Crippen LogP contribution in [0.1, 0.15) is 50.4 Å². The van der Waals surface area contributed by atoms with E-state index in [1.165, 1.54) is 12.4 Å². The minimum atomic E-state index is -4.89. The summed E-state index contributed by atoms with van der Waals surface area (Å²) >= 11 is 0. The van der Waals surface area contributed by atoms with Crippen LogP contribution in [0.15, 0.2) is 48.9 Å². The zero-order valence-corrected chi connectivity index (χ0v) is 18.2. The zero-order valence-electron chi connectivity index (χ0n) is 18.2. The summed E-state index contributed by atoms with van der Waals surface area (Å²) in [6, 6.07) is 9.02. The third kappa shape index (κ3) is 5.22. The molecule has 2 N–H and O–H groups in total. The number of aryl methyl sites for hydroxylation is 1. The van der Waals surface area contributed by atoms with Crippen molar-refractivity contribution in [3.8, 4) is 11.5 Å². The maximum atomic E-state index is 13.6. The fourth-order valence-electron chi connectivity index (χ4n) is 3.45. The number of nitrogens with zero attached hydrogens (tertiary/aromatic N) is 2. The van der Waals surface area contributed by atoms with Crippen molar-refractivity contribution in [3.63, 3.8) is 0 Å². The minimum absolute atomic E-state index is 0.182. The number of hydrogen-bond acceptors (Lipinski definition) is 5. The summed E-state index contributed by atoms with van der Waals surface area (Å²) in [5, 5.41) is 12.9. The van der Waals surface area contributed by atoms with Gasteiger partial charge in [-0.25, -0.2) is 4.98 Å². The molecule has 0 bridgehead atoms. The van der Waals surface area contributed by atoms with E-state index in [0.29, 0.717) is 24.1 Å². The second-order valence-corrected chi connectivity index (χ2v) is 8.18. The molecule has 3 aromatic rings.